The van der Waals surface area contributed by atoms with Gasteiger partial charge in [-0.15, -0.1) is 0 Å². The highest BCUT2D eigenvalue weighted by molar-refractivity contribution is 6.18. The molecule has 0 saturated heterocycles. The molecule has 0 unspecified atom stereocenters. The van der Waals surface area contributed by atoms with E-state index in [9.17, 15) is 0 Å². The summed E-state index contributed by atoms with van der Waals surface area (Å²) < 4.78 is 10.7. The van der Waals surface area contributed by atoms with E-state index in [0.717, 1.165) is 39.6 Å². The van der Waals surface area contributed by atoms with Crippen LogP contribution in [0.1, 0.15) is 22.3 Å². The number of aliphatic imine (C=N–C) groups is 1. The number of ether oxygens (including phenoxy) is 2. The van der Waals surface area contributed by atoms with E-state index in [4.69, 9.17) is 14.5 Å². The zero-order chi connectivity index (χ0) is 19.5. The number of methoxy groups -OCH3 is 2. The molecule has 3 aromatic carbocycles. The first-order valence-electron chi connectivity index (χ1n) is 9.00. The molecule has 5 heteroatoms. The zero-order valence-electron chi connectivity index (χ0n) is 16.1. The molecule has 1 aliphatic heterocycles. The highest BCUT2D eigenvalue weighted by atomic mass is 16.5. The Morgan fingerprint density at radius 2 is 1.39 bits per heavy atom. The van der Waals surface area contributed by atoms with E-state index < -0.39 is 0 Å². The van der Waals surface area contributed by atoms with Gasteiger partial charge in [-0.2, -0.15) is 5.10 Å². The number of hydrogen-bond donors (Lipinski definition) is 1. The van der Waals surface area contributed by atoms with E-state index in [2.05, 4.69) is 29.6 Å². The largest absolute Gasteiger partial charge is 0.497 e. The first kappa shape index (κ1) is 17.8. The van der Waals surface area contributed by atoms with Crippen molar-refractivity contribution in [2.75, 3.05) is 14.2 Å². The number of hydrogen-bond acceptors (Lipinski definition) is 5. The van der Waals surface area contributed by atoms with Crippen LogP contribution in [-0.2, 0) is 0 Å². The molecule has 1 N–H and O–H groups in total. The molecule has 0 fully saturated rings. The molecule has 0 radical (unpaired) electrons. The number of amidine groups is 1. The van der Waals surface area contributed by atoms with Crippen molar-refractivity contribution in [2.45, 2.75) is 6.92 Å². The Hall–Kier alpha value is -3.60. The molecule has 0 bridgehead atoms. The molecule has 28 heavy (non-hydrogen) atoms. The van der Waals surface area contributed by atoms with E-state index in [1.807, 2.05) is 54.6 Å². The fourth-order valence-electron chi connectivity index (χ4n) is 3.05. The molecule has 1 heterocycles. The molecule has 140 valence electrons. The molecule has 4 rings (SSSR count). The molecule has 3 aromatic rings. The van der Waals surface area contributed by atoms with E-state index in [-0.39, 0.29) is 0 Å². The SMILES string of the molecule is COc1ccc(C2=NNC(c3ccc(C)cc3)=Nc3ccc(OC)cc32)cc1. The maximum atomic E-state index is 5.42. The lowest BCUT2D eigenvalue weighted by atomic mass is 10.0. The summed E-state index contributed by atoms with van der Waals surface area (Å²) in [5.41, 5.74) is 8.81. The Morgan fingerprint density at radius 1 is 0.750 bits per heavy atom. The van der Waals surface area contributed by atoms with Gasteiger partial charge in [-0.3, -0.25) is 5.43 Å². The van der Waals surface area contributed by atoms with Gasteiger partial charge in [0.15, 0.2) is 5.84 Å². The van der Waals surface area contributed by atoms with Crippen molar-refractivity contribution in [1.82, 2.24) is 5.43 Å². The van der Waals surface area contributed by atoms with Crippen LogP contribution in [0.2, 0.25) is 0 Å². The first-order valence-corrected chi connectivity index (χ1v) is 9.00. The van der Waals surface area contributed by atoms with Crippen molar-refractivity contribution in [1.29, 1.82) is 0 Å². The highest BCUT2D eigenvalue weighted by Crippen LogP contribution is 2.30. The summed E-state index contributed by atoms with van der Waals surface area (Å²) in [6.07, 6.45) is 0. The molecule has 0 amide bonds. The van der Waals surface area contributed by atoms with Gasteiger partial charge in [0.1, 0.15) is 17.2 Å². The fourth-order valence-corrected chi connectivity index (χ4v) is 3.05. The quantitative estimate of drug-likeness (QED) is 0.737. The van der Waals surface area contributed by atoms with Gasteiger partial charge in [-0.1, -0.05) is 29.8 Å². The van der Waals surface area contributed by atoms with Crippen LogP contribution in [-0.4, -0.2) is 25.8 Å². The summed E-state index contributed by atoms with van der Waals surface area (Å²) in [6, 6.07) is 21.8. The van der Waals surface area contributed by atoms with Crippen LogP contribution in [0.5, 0.6) is 11.5 Å². The molecule has 0 atom stereocenters. The average molecular weight is 371 g/mol. The second kappa shape index (κ2) is 7.56. The topological polar surface area (TPSA) is 55.2 Å². The fraction of sp³-hybridized carbons (Fsp3) is 0.130. The predicted octanol–water partition coefficient (Wildman–Crippen LogP) is 4.45. The maximum absolute atomic E-state index is 5.42. The average Bonchev–Trinajstić information content (AvgIpc) is 2.93. The number of aryl methyl sites for hydroxylation is 1. The minimum absolute atomic E-state index is 0.704. The van der Waals surface area contributed by atoms with Crippen molar-refractivity contribution in [3.05, 3.63) is 89.0 Å². The summed E-state index contributed by atoms with van der Waals surface area (Å²) in [4.78, 5) is 4.83. The van der Waals surface area contributed by atoms with Gasteiger partial charge in [-0.05, 0) is 49.4 Å². The Kier molecular flexibility index (Phi) is 4.81. The standard InChI is InChI=1S/C23H21N3O2/c1-15-4-6-17(7-5-15)23-24-21-13-12-19(28-3)14-20(21)22(25-26-23)16-8-10-18(27-2)11-9-16/h4-14H,1-3H3,(H,24,26). The molecule has 0 aromatic heterocycles. The van der Waals surface area contributed by atoms with E-state index >= 15 is 0 Å². The molecule has 5 nitrogen and oxygen atoms in total. The van der Waals surface area contributed by atoms with Crippen LogP contribution in [0.15, 0.2) is 76.8 Å². The summed E-state index contributed by atoms with van der Waals surface area (Å²) in [6.45, 7) is 2.06. The van der Waals surface area contributed by atoms with Gasteiger partial charge >= 0.3 is 0 Å². The molecule has 0 aliphatic carbocycles. The third-order valence-corrected chi connectivity index (χ3v) is 4.65. The minimum Gasteiger partial charge on any atom is -0.497 e. The lowest BCUT2D eigenvalue weighted by Gasteiger charge is -2.10. The summed E-state index contributed by atoms with van der Waals surface area (Å²) in [5, 5.41) is 4.69. The van der Waals surface area contributed by atoms with Gasteiger partial charge in [0.05, 0.1) is 19.9 Å². The van der Waals surface area contributed by atoms with Gasteiger partial charge in [-0.25, -0.2) is 4.99 Å². The number of benzene rings is 3. The summed E-state index contributed by atoms with van der Waals surface area (Å²) in [5.74, 6) is 2.26. The summed E-state index contributed by atoms with van der Waals surface area (Å²) >= 11 is 0. The van der Waals surface area contributed by atoms with E-state index in [1.165, 1.54) is 5.56 Å². The first-order chi connectivity index (χ1) is 13.7. The second-order valence-corrected chi connectivity index (χ2v) is 6.51. The van der Waals surface area contributed by atoms with Crippen LogP contribution in [0.25, 0.3) is 0 Å². The number of rotatable bonds is 4. The number of nitrogens with one attached hydrogen (secondary N) is 1. The van der Waals surface area contributed by atoms with Gasteiger partial charge < -0.3 is 9.47 Å². The lowest BCUT2D eigenvalue weighted by Crippen LogP contribution is -2.19. The Bertz CT molecular complexity index is 1050. The van der Waals surface area contributed by atoms with Crippen LogP contribution >= 0.6 is 0 Å². The van der Waals surface area contributed by atoms with Crippen LogP contribution in [0, 0.1) is 6.92 Å². The Labute approximate surface area is 164 Å². The lowest BCUT2D eigenvalue weighted by molar-refractivity contribution is 0.414. The van der Waals surface area contributed by atoms with Crippen molar-refractivity contribution in [2.24, 2.45) is 10.1 Å². The highest BCUT2D eigenvalue weighted by Gasteiger charge is 2.18. The van der Waals surface area contributed by atoms with Crippen LogP contribution in [0.3, 0.4) is 0 Å². The predicted molar refractivity (Wildman–Crippen MR) is 112 cm³/mol. The van der Waals surface area contributed by atoms with E-state index in [0.29, 0.717) is 5.84 Å². The maximum Gasteiger partial charge on any atom is 0.154 e. The third-order valence-electron chi connectivity index (χ3n) is 4.65. The Balaban J connectivity index is 1.83. The third kappa shape index (κ3) is 3.47. The molecule has 1 aliphatic rings. The van der Waals surface area contributed by atoms with Gasteiger partial charge in [0, 0.05) is 16.7 Å². The van der Waals surface area contributed by atoms with Crippen molar-refractivity contribution < 1.29 is 9.47 Å². The second-order valence-electron chi connectivity index (χ2n) is 6.51. The smallest absolute Gasteiger partial charge is 0.154 e. The normalized spacial score (nSPS) is 12.8. The molecular weight excluding hydrogens is 350 g/mol. The number of hydrazone groups is 1. The van der Waals surface area contributed by atoms with Crippen molar-refractivity contribution in [3.8, 4) is 11.5 Å². The van der Waals surface area contributed by atoms with Crippen LogP contribution < -0.4 is 14.9 Å². The van der Waals surface area contributed by atoms with Gasteiger partial charge in [0.2, 0.25) is 0 Å². The number of nitrogens with zero attached hydrogens (tertiary/aromatic N) is 2. The summed E-state index contributed by atoms with van der Waals surface area (Å²) in [7, 11) is 3.31. The van der Waals surface area contributed by atoms with Crippen molar-refractivity contribution in [3.63, 3.8) is 0 Å². The Morgan fingerprint density at radius 3 is 2.07 bits per heavy atom. The van der Waals surface area contributed by atoms with E-state index in [1.54, 1.807) is 14.2 Å². The molecular formula is C23H21N3O2. The zero-order valence-corrected chi connectivity index (χ0v) is 16.1. The minimum atomic E-state index is 0.704. The van der Waals surface area contributed by atoms with Gasteiger partial charge in [0.25, 0.3) is 0 Å². The van der Waals surface area contributed by atoms with Crippen molar-refractivity contribution >= 4 is 17.2 Å². The monoisotopic (exact) mass is 371 g/mol. The molecule has 0 spiro atoms. The number of fused-ring (bicyclic) bond motifs is 1. The molecule has 0 saturated carbocycles. The van der Waals surface area contributed by atoms with Crippen LogP contribution in [0.4, 0.5) is 5.69 Å².